The molecule has 1 N–H and O–H groups in total. The summed E-state index contributed by atoms with van der Waals surface area (Å²) in [6, 6.07) is 6.75. The normalized spacial score (nSPS) is 13.6. The van der Waals surface area contributed by atoms with Crippen molar-refractivity contribution in [3.63, 3.8) is 0 Å². The van der Waals surface area contributed by atoms with Crippen LogP contribution in [-0.2, 0) is 26.6 Å². The van der Waals surface area contributed by atoms with Crippen LogP contribution in [0.4, 0.5) is 5.69 Å². The molecule has 0 spiro atoms. The molecule has 0 unspecified atom stereocenters. The van der Waals surface area contributed by atoms with Gasteiger partial charge in [0, 0.05) is 44.1 Å². The van der Waals surface area contributed by atoms with Crippen LogP contribution in [-0.4, -0.2) is 28.3 Å². The van der Waals surface area contributed by atoms with E-state index in [0.29, 0.717) is 0 Å². The number of aryl methyl sites for hydroxylation is 1. The highest BCUT2D eigenvalue weighted by Crippen LogP contribution is 2.23. The number of fused-ring (bicyclic) bond motifs is 1. The minimum atomic E-state index is 0.934. The molecular weight excluding hydrogens is 236 g/mol. The molecule has 1 aliphatic rings. The maximum absolute atomic E-state index is 4.21. The zero-order valence-corrected chi connectivity index (χ0v) is 11.6. The second kappa shape index (κ2) is 5.05. The summed E-state index contributed by atoms with van der Waals surface area (Å²) in [5.74, 6) is 0. The van der Waals surface area contributed by atoms with Gasteiger partial charge in [0.15, 0.2) is 0 Å². The van der Waals surface area contributed by atoms with Crippen molar-refractivity contribution in [2.24, 2.45) is 7.05 Å². The Hall–Kier alpha value is -1.81. The molecule has 1 aromatic carbocycles. The molecule has 0 saturated carbocycles. The summed E-state index contributed by atoms with van der Waals surface area (Å²) in [4.78, 5) is 2.32. The minimum Gasteiger partial charge on any atom is -0.384 e. The van der Waals surface area contributed by atoms with Gasteiger partial charge in [0.25, 0.3) is 0 Å². The van der Waals surface area contributed by atoms with Gasteiger partial charge in [0.2, 0.25) is 0 Å². The molecule has 19 heavy (non-hydrogen) atoms. The van der Waals surface area contributed by atoms with Crippen LogP contribution in [0.2, 0.25) is 0 Å². The van der Waals surface area contributed by atoms with E-state index in [1.54, 1.807) is 0 Å². The van der Waals surface area contributed by atoms with Crippen LogP contribution in [0.15, 0.2) is 30.6 Å². The van der Waals surface area contributed by atoms with E-state index < -0.39 is 0 Å². The molecule has 100 valence electrons. The van der Waals surface area contributed by atoms with Crippen LogP contribution in [0.3, 0.4) is 0 Å². The summed E-state index contributed by atoms with van der Waals surface area (Å²) in [6.07, 6.45) is 5.15. The first-order chi connectivity index (χ1) is 9.20. The summed E-state index contributed by atoms with van der Waals surface area (Å²) in [7, 11) is 4.11. The predicted molar refractivity (Wildman–Crippen MR) is 77.0 cm³/mol. The molecule has 0 bridgehead atoms. The van der Waals surface area contributed by atoms with E-state index in [1.165, 1.54) is 22.4 Å². The van der Waals surface area contributed by atoms with Gasteiger partial charge in [-0.3, -0.25) is 9.58 Å². The van der Waals surface area contributed by atoms with Gasteiger partial charge in [0.05, 0.1) is 6.20 Å². The number of benzene rings is 1. The summed E-state index contributed by atoms with van der Waals surface area (Å²) in [5, 5.41) is 7.60. The molecule has 1 aliphatic heterocycles. The first kappa shape index (κ1) is 12.2. The fraction of sp³-hybridized carbons (Fsp3) is 0.400. The summed E-state index contributed by atoms with van der Waals surface area (Å²) >= 11 is 0. The maximum atomic E-state index is 4.21. The van der Waals surface area contributed by atoms with Crippen LogP contribution >= 0.6 is 0 Å². The van der Waals surface area contributed by atoms with Gasteiger partial charge in [-0.1, -0.05) is 12.1 Å². The molecule has 3 rings (SSSR count). The van der Waals surface area contributed by atoms with E-state index in [-0.39, 0.29) is 0 Å². The quantitative estimate of drug-likeness (QED) is 0.908. The Balaban J connectivity index is 1.64. The van der Waals surface area contributed by atoms with E-state index >= 15 is 0 Å². The lowest BCUT2D eigenvalue weighted by Gasteiger charge is -2.16. The largest absolute Gasteiger partial charge is 0.384 e. The third-order valence-corrected chi connectivity index (χ3v) is 3.54. The lowest BCUT2D eigenvalue weighted by atomic mass is 10.1. The van der Waals surface area contributed by atoms with Gasteiger partial charge in [-0.05, 0) is 30.7 Å². The standard InChI is InChI=1S/C15H20N4/c1-18(10-13-8-17-19(2)11-13)9-12-3-4-15-14(7-12)5-6-16-15/h3-4,7-8,11,16H,5-6,9-10H2,1-2H3. The van der Waals surface area contributed by atoms with E-state index in [9.17, 15) is 0 Å². The zero-order chi connectivity index (χ0) is 13.2. The van der Waals surface area contributed by atoms with Crippen molar-refractivity contribution in [2.75, 3.05) is 18.9 Å². The zero-order valence-electron chi connectivity index (χ0n) is 11.6. The number of hydrogen-bond acceptors (Lipinski definition) is 3. The predicted octanol–water partition coefficient (Wildman–Crippen LogP) is 2.02. The van der Waals surface area contributed by atoms with Crippen LogP contribution in [0.25, 0.3) is 0 Å². The fourth-order valence-corrected chi connectivity index (χ4v) is 2.69. The molecule has 4 nitrogen and oxygen atoms in total. The third-order valence-electron chi connectivity index (χ3n) is 3.54. The number of hydrogen-bond donors (Lipinski definition) is 1. The Kier molecular flexibility index (Phi) is 3.25. The topological polar surface area (TPSA) is 33.1 Å². The smallest absolute Gasteiger partial charge is 0.0534 e. The number of nitrogens with one attached hydrogen (secondary N) is 1. The summed E-state index contributed by atoms with van der Waals surface area (Å²) in [5.41, 5.74) is 5.40. The van der Waals surface area contributed by atoms with Gasteiger partial charge in [-0.25, -0.2) is 0 Å². The van der Waals surface area contributed by atoms with Crippen LogP contribution in [0, 0.1) is 0 Å². The average Bonchev–Trinajstić information content (AvgIpc) is 2.97. The molecular formula is C15H20N4. The van der Waals surface area contributed by atoms with Crippen LogP contribution in [0.5, 0.6) is 0 Å². The van der Waals surface area contributed by atoms with Crippen molar-refractivity contribution in [3.05, 3.63) is 47.3 Å². The lowest BCUT2D eigenvalue weighted by molar-refractivity contribution is 0.319. The Labute approximate surface area is 114 Å². The average molecular weight is 256 g/mol. The van der Waals surface area contributed by atoms with Crippen molar-refractivity contribution >= 4 is 5.69 Å². The lowest BCUT2D eigenvalue weighted by Crippen LogP contribution is -2.17. The first-order valence-electron chi connectivity index (χ1n) is 6.72. The number of rotatable bonds is 4. The third kappa shape index (κ3) is 2.79. The Morgan fingerprint density at radius 1 is 1.32 bits per heavy atom. The van der Waals surface area contributed by atoms with Crippen molar-refractivity contribution in [1.29, 1.82) is 0 Å². The van der Waals surface area contributed by atoms with E-state index in [2.05, 4.69) is 46.8 Å². The highest BCUT2D eigenvalue weighted by Gasteiger charge is 2.11. The Bertz CT molecular complexity index is 573. The molecule has 4 heteroatoms. The van der Waals surface area contributed by atoms with Gasteiger partial charge in [-0.15, -0.1) is 0 Å². The molecule has 2 aromatic rings. The Morgan fingerprint density at radius 3 is 2.95 bits per heavy atom. The second-order valence-electron chi connectivity index (χ2n) is 5.36. The highest BCUT2D eigenvalue weighted by molar-refractivity contribution is 5.56. The van der Waals surface area contributed by atoms with Gasteiger partial charge in [0.1, 0.15) is 0 Å². The fourth-order valence-electron chi connectivity index (χ4n) is 2.69. The van der Waals surface area contributed by atoms with Crippen molar-refractivity contribution in [2.45, 2.75) is 19.5 Å². The van der Waals surface area contributed by atoms with E-state index in [4.69, 9.17) is 0 Å². The highest BCUT2D eigenvalue weighted by atomic mass is 15.2. The molecule has 0 amide bonds. The molecule has 2 heterocycles. The summed E-state index contributed by atoms with van der Waals surface area (Å²) < 4.78 is 1.85. The van der Waals surface area contributed by atoms with Crippen LogP contribution in [0.1, 0.15) is 16.7 Å². The number of aromatic nitrogens is 2. The molecule has 1 aromatic heterocycles. The van der Waals surface area contributed by atoms with Crippen LogP contribution < -0.4 is 5.32 Å². The molecule has 0 atom stereocenters. The van der Waals surface area contributed by atoms with Crippen molar-refractivity contribution in [1.82, 2.24) is 14.7 Å². The maximum Gasteiger partial charge on any atom is 0.0534 e. The van der Waals surface area contributed by atoms with Gasteiger partial charge >= 0.3 is 0 Å². The number of anilines is 1. The molecule has 0 fully saturated rings. The van der Waals surface area contributed by atoms with Gasteiger partial charge < -0.3 is 5.32 Å². The molecule has 0 radical (unpaired) electrons. The summed E-state index contributed by atoms with van der Waals surface area (Å²) in [6.45, 7) is 2.98. The Morgan fingerprint density at radius 2 is 2.16 bits per heavy atom. The molecule has 0 saturated heterocycles. The number of nitrogens with zero attached hydrogens (tertiary/aromatic N) is 3. The second-order valence-corrected chi connectivity index (χ2v) is 5.36. The molecule has 0 aliphatic carbocycles. The van der Waals surface area contributed by atoms with E-state index in [1.807, 2.05) is 17.9 Å². The van der Waals surface area contributed by atoms with Crippen molar-refractivity contribution in [3.8, 4) is 0 Å². The van der Waals surface area contributed by atoms with Gasteiger partial charge in [-0.2, -0.15) is 5.10 Å². The SMILES string of the molecule is CN(Cc1ccc2c(c1)CCN2)Cc1cnn(C)c1. The van der Waals surface area contributed by atoms with Crippen molar-refractivity contribution < 1.29 is 0 Å². The first-order valence-corrected chi connectivity index (χ1v) is 6.72. The minimum absolute atomic E-state index is 0.934. The van der Waals surface area contributed by atoms with E-state index in [0.717, 1.165) is 26.1 Å². The monoisotopic (exact) mass is 256 g/mol.